The summed E-state index contributed by atoms with van der Waals surface area (Å²) >= 11 is 1.33. The lowest BCUT2D eigenvalue weighted by Gasteiger charge is -2.28. The topological polar surface area (TPSA) is 84.0 Å². The van der Waals surface area contributed by atoms with Crippen LogP contribution in [0, 0.1) is 6.92 Å². The second-order valence-electron chi connectivity index (χ2n) is 8.25. The monoisotopic (exact) mass is 494 g/mol. The van der Waals surface area contributed by atoms with Crippen molar-refractivity contribution in [1.82, 2.24) is 9.88 Å². The predicted molar refractivity (Wildman–Crippen MR) is 139 cm³/mol. The van der Waals surface area contributed by atoms with Crippen molar-refractivity contribution in [2.75, 3.05) is 56.7 Å². The van der Waals surface area contributed by atoms with E-state index >= 15 is 0 Å². The second-order valence-corrected chi connectivity index (χ2v) is 9.25. The summed E-state index contributed by atoms with van der Waals surface area (Å²) in [5.74, 6) is 0.311. The lowest BCUT2D eigenvalue weighted by molar-refractivity contribution is -0.116. The van der Waals surface area contributed by atoms with E-state index in [1.807, 2.05) is 62.4 Å². The van der Waals surface area contributed by atoms with Gasteiger partial charge < -0.3 is 24.6 Å². The number of amides is 2. The summed E-state index contributed by atoms with van der Waals surface area (Å²) in [6.07, 6.45) is 0. The van der Waals surface area contributed by atoms with E-state index in [1.165, 1.54) is 16.2 Å². The van der Waals surface area contributed by atoms with Crippen LogP contribution in [0.25, 0.3) is 10.6 Å². The third-order valence-corrected chi connectivity index (χ3v) is 6.85. The number of aromatic nitrogens is 1. The van der Waals surface area contributed by atoms with E-state index in [0.717, 1.165) is 48.3 Å². The van der Waals surface area contributed by atoms with Crippen LogP contribution in [-0.2, 0) is 9.53 Å². The van der Waals surface area contributed by atoms with E-state index < -0.39 is 0 Å². The predicted octanol–water partition coefficient (Wildman–Crippen LogP) is 4.06. The lowest BCUT2D eigenvalue weighted by Crippen LogP contribution is -2.36. The Morgan fingerprint density at radius 1 is 1.11 bits per heavy atom. The molecule has 1 aliphatic heterocycles. The Kier molecular flexibility index (Phi) is 7.99. The maximum Gasteiger partial charge on any atom is 0.266 e. The number of hydrogen-bond donors (Lipinski definition) is 1. The van der Waals surface area contributed by atoms with Crippen molar-refractivity contribution in [3.8, 4) is 16.3 Å². The van der Waals surface area contributed by atoms with Gasteiger partial charge in [0, 0.05) is 37.1 Å². The summed E-state index contributed by atoms with van der Waals surface area (Å²) in [5, 5.41) is 3.63. The lowest BCUT2D eigenvalue weighted by atomic mass is 10.2. The number of aryl methyl sites for hydroxylation is 1. The summed E-state index contributed by atoms with van der Waals surface area (Å²) < 4.78 is 10.9. The van der Waals surface area contributed by atoms with Crippen LogP contribution < -0.4 is 15.0 Å². The number of ether oxygens (including phenoxy) is 2. The number of anilines is 2. The van der Waals surface area contributed by atoms with Gasteiger partial charge >= 0.3 is 0 Å². The van der Waals surface area contributed by atoms with Crippen LogP contribution >= 0.6 is 11.3 Å². The molecule has 1 fully saturated rings. The molecule has 184 valence electrons. The molecule has 1 aliphatic rings. The van der Waals surface area contributed by atoms with Gasteiger partial charge in [0.05, 0.1) is 32.1 Å². The minimum atomic E-state index is -0.256. The Bertz CT molecular complexity index is 1160. The zero-order valence-corrected chi connectivity index (χ0v) is 21.1. The molecular weight excluding hydrogens is 464 g/mol. The molecule has 1 aromatic heterocycles. The van der Waals surface area contributed by atoms with Crippen LogP contribution in [0.2, 0.25) is 0 Å². The Morgan fingerprint density at radius 3 is 2.46 bits per heavy atom. The van der Waals surface area contributed by atoms with E-state index in [1.54, 1.807) is 7.05 Å². The highest BCUT2D eigenvalue weighted by molar-refractivity contribution is 7.17. The third kappa shape index (κ3) is 6.17. The van der Waals surface area contributed by atoms with Crippen LogP contribution in [-0.4, -0.2) is 68.2 Å². The zero-order chi connectivity index (χ0) is 24.8. The fourth-order valence-electron chi connectivity index (χ4n) is 3.82. The molecule has 1 N–H and O–H groups in total. The van der Waals surface area contributed by atoms with Crippen molar-refractivity contribution in [3.63, 3.8) is 0 Å². The average molecular weight is 495 g/mol. The van der Waals surface area contributed by atoms with Gasteiger partial charge in [-0.25, -0.2) is 4.98 Å². The number of likely N-dealkylation sites (N-methyl/N-ethyl adjacent to an activating group) is 1. The van der Waals surface area contributed by atoms with Crippen LogP contribution in [0.15, 0.2) is 48.5 Å². The second kappa shape index (κ2) is 11.3. The summed E-state index contributed by atoms with van der Waals surface area (Å²) in [7, 11) is 1.62. The first kappa shape index (κ1) is 24.7. The van der Waals surface area contributed by atoms with Gasteiger partial charge in [0.25, 0.3) is 5.91 Å². The number of thiazole rings is 1. The first-order valence-corrected chi connectivity index (χ1v) is 12.4. The van der Waals surface area contributed by atoms with Gasteiger partial charge in [0.2, 0.25) is 5.91 Å². The molecule has 0 unspecified atom stereocenters. The number of benzene rings is 2. The molecule has 3 aromatic rings. The zero-order valence-electron chi connectivity index (χ0n) is 20.2. The summed E-state index contributed by atoms with van der Waals surface area (Å²) in [4.78, 5) is 34.4. The number of carbonyl (C=O) groups excluding carboxylic acids is 2. The number of nitrogens with one attached hydrogen (secondary N) is 1. The molecule has 0 spiro atoms. The quantitative estimate of drug-likeness (QED) is 0.508. The molecule has 9 heteroatoms. The Labute approximate surface area is 209 Å². The fourth-order valence-corrected chi connectivity index (χ4v) is 4.88. The first-order chi connectivity index (χ1) is 16.9. The van der Waals surface area contributed by atoms with Crippen LogP contribution in [0.3, 0.4) is 0 Å². The van der Waals surface area contributed by atoms with Gasteiger partial charge in [0.15, 0.2) is 0 Å². The summed E-state index contributed by atoms with van der Waals surface area (Å²) in [6, 6.07) is 15.4. The molecule has 0 atom stereocenters. The van der Waals surface area contributed by atoms with Crippen molar-refractivity contribution >= 4 is 34.5 Å². The third-order valence-electron chi connectivity index (χ3n) is 5.66. The highest BCUT2D eigenvalue weighted by Crippen LogP contribution is 2.30. The van der Waals surface area contributed by atoms with Gasteiger partial charge in [-0.2, -0.15) is 0 Å². The van der Waals surface area contributed by atoms with Crippen molar-refractivity contribution in [2.24, 2.45) is 0 Å². The molecule has 35 heavy (non-hydrogen) atoms. The number of rotatable bonds is 8. The molecule has 0 bridgehead atoms. The standard InChI is InChI=1S/C26H30N4O4S/c1-4-34-22-11-5-19(6-12-22)25-27-18(2)24(35-25)26(32)29(3)17-23(31)28-20-7-9-21(10-8-20)30-13-15-33-16-14-30/h5-12H,4,13-17H2,1-3H3,(H,28,31). The van der Waals surface area contributed by atoms with Crippen molar-refractivity contribution in [2.45, 2.75) is 13.8 Å². The van der Waals surface area contributed by atoms with Crippen molar-refractivity contribution < 1.29 is 19.1 Å². The van der Waals surface area contributed by atoms with Gasteiger partial charge in [-0.1, -0.05) is 0 Å². The molecule has 2 heterocycles. The van der Waals surface area contributed by atoms with Gasteiger partial charge in [-0.05, 0) is 62.4 Å². The normalized spacial score (nSPS) is 13.4. The van der Waals surface area contributed by atoms with Crippen molar-refractivity contribution in [1.29, 1.82) is 0 Å². The minimum absolute atomic E-state index is 0.0558. The van der Waals surface area contributed by atoms with Crippen molar-refractivity contribution in [3.05, 3.63) is 59.1 Å². The molecule has 2 aromatic carbocycles. The summed E-state index contributed by atoms with van der Waals surface area (Å²) in [6.45, 7) is 7.46. The van der Waals surface area contributed by atoms with Gasteiger partial charge in [-0.15, -0.1) is 11.3 Å². The Balaban J connectivity index is 1.35. The number of morpholine rings is 1. The summed E-state index contributed by atoms with van der Waals surface area (Å²) in [5.41, 5.74) is 3.36. The number of hydrogen-bond acceptors (Lipinski definition) is 7. The largest absolute Gasteiger partial charge is 0.494 e. The molecule has 4 rings (SSSR count). The molecule has 0 aliphatic carbocycles. The molecule has 2 amide bonds. The Hall–Kier alpha value is -3.43. The molecule has 0 saturated carbocycles. The molecule has 8 nitrogen and oxygen atoms in total. The smallest absolute Gasteiger partial charge is 0.266 e. The van der Waals surface area contributed by atoms with E-state index in [9.17, 15) is 9.59 Å². The SMILES string of the molecule is CCOc1ccc(-c2nc(C)c(C(=O)N(C)CC(=O)Nc3ccc(N4CCOCC4)cc3)s2)cc1. The fraction of sp³-hybridized carbons (Fsp3) is 0.346. The number of carbonyl (C=O) groups is 2. The van der Waals surface area contributed by atoms with E-state index in [4.69, 9.17) is 9.47 Å². The molecule has 1 saturated heterocycles. The Morgan fingerprint density at radius 2 is 1.80 bits per heavy atom. The first-order valence-electron chi connectivity index (χ1n) is 11.6. The van der Waals surface area contributed by atoms with Crippen LogP contribution in [0.1, 0.15) is 22.3 Å². The van der Waals surface area contributed by atoms with Gasteiger partial charge in [-0.3, -0.25) is 9.59 Å². The van der Waals surface area contributed by atoms with Crippen LogP contribution in [0.4, 0.5) is 11.4 Å². The minimum Gasteiger partial charge on any atom is -0.494 e. The van der Waals surface area contributed by atoms with E-state index in [0.29, 0.717) is 22.9 Å². The van der Waals surface area contributed by atoms with Crippen LogP contribution in [0.5, 0.6) is 5.75 Å². The molecular formula is C26H30N4O4S. The number of nitrogens with zero attached hydrogens (tertiary/aromatic N) is 3. The maximum atomic E-state index is 13.0. The molecule has 0 radical (unpaired) electrons. The maximum absolute atomic E-state index is 13.0. The highest BCUT2D eigenvalue weighted by Gasteiger charge is 2.21. The van der Waals surface area contributed by atoms with E-state index in [2.05, 4.69) is 15.2 Å². The average Bonchev–Trinajstić information content (AvgIpc) is 3.26. The van der Waals surface area contributed by atoms with Gasteiger partial charge in [0.1, 0.15) is 15.6 Å². The highest BCUT2D eigenvalue weighted by atomic mass is 32.1. The van der Waals surface area contributed by atoms with E-state index in [-0.39, 0.29) is 18.4 Å².